The molecule has 2 amide bonds. The van der Waals surface area contributed by atoms with Crippen molar-refractivity contribution in [2.45, 2.75) is 6.42 Å². The minimum atomic E-state index is -0.192. The number of rotatable bonds is 4. The van der Waals surface area contributed by atoms with Crippen LogP contribution >= 0.6 is 11.3 Å². The Morgan fingerprint density at radius 1 is 1.50 bits per heavy atom. The lowest BCUT2D eigenvalue weighted by Crippen LogP contribution is -2.33. The van der Waals surface area contributed by atoms with E-state index in [1.165, 1.54) is 11.3 Å². The molecule has 2 heterocycles. The molecule has 0 unspecified atom stereocenters. The number of hydrogen-bond donors (Lipinski definition) is 1. The lowest BCUT2D eigenvalue weighted by Gasteiger charge is -2.16. The Labute approximate surface area is 109 Å². The van der Waals surface area contributed by atoms with Gasteiger partial charge >= 0.3 is 6.03 Å². The molecule has 0 bridgehead atoms. The number of amides is 2. The zero-order valence-corrected chi connectivity index (χ0v) is 10.7. The Hall–Kier alpha value is -2.02. The minimum absolute atomic E-state index is 0.192. The highest BCUT2D eigenvalue weighted by Gasteiger charge is 2.10. The van der Waals surface area contributed by atoms with Crippen LogP contribution in [0, 0.1) is 0 Å². The largest absolute Gasteiger partial charge is 0.327 e. The van der Waals surface area contributed by atoms with E-state index >= 15 is 0 Å². The van der Waals surface area contributed by atoms with Crippen LogP contribution in [0.3, 0.4) is 0 Å². The van der Waals surface area contributed by atoms with Gasteiger partial charge in [0.25, 0.3) is 0 Å². The first-order chi connectivity index (χ1) is 8.75. The monoisotopic (exact) mass is 263 g/mol. The molecule has 18 heavy (non-hydrogen) atoms. The molecule has 0 fully saturated rings. The van der Waals surface area contributed by atoms with Crippen LogP contribution in [0.1, 0.15) is 5.69 Å². The first-order valence-corrected chi connectivity index (χ1v) is 6.32. The summed E-state index contributed by atoms with van der Waals surface area (Å²) in [4.78, 5) is 17.6. The van der Waals surface area contributed by atoms with Crippen LogP contribution in [0.2, 0.25) is 0 Å². The highest BCUT2D eigenvalue weighted by Crippen LogP contribution is 2.08. The number of anilines is 1. The van der Waals surface area contributed by atoms with Gasteiger partial charge in [0.1, 0.15) is 5.51 Å². The van der Waals surface area contributed by atoms with Gasteiger partial charge in [-0.25, -0.2) is 4.79 Å². The average molecular weight is 263 g/mol. The molecule has 0 radical (unpaired) electrons. The van der Waals surface area contributed by atoms with Crippen molar-refractivity contribution < 1.29 is 4.79 Å². The molecule has 7 heteroatoms. The number of likely N-dealkylation sites (N-methyl/N-ethyl adjacent to an activating group) is 1. The van der Waals surface area contributed by atoms with Crippen LogP contribution in [0.25, 0.3) is 0 Å². The van der Waals surface area contributed by atoms with E-state index in [0.29, 0.717) is 11.7 Å². The van der Waals surface area contributed by atoms with Crippen LogP contribution in [-0.4, -0.2) is 39.7 Å². The Bertz CT molecular complexity index is 487. The quantitative estimate of drug-likeness (QED) is 0.910. The van der Waals surface area contributed by atoms with Crippen molar-refractivity contribution in [2.24, 2.45) is 0 Å². The number of nitrogens with one attached hydrogen (secondary N) is 1. The number of nitrogens with zero attached hydrogens (tertiary/aromatic N) is 4. The molecule has 6 nitrogen and oxygen atoms in total. The third-order valence-corrected chi connectivity index (χ3v) is 2.96. The topological polar surface area (TPSA) is 71.0 Å². The fourth-order valence-electron chi connectivity index (χ4n) is 1.34. The molecule has 0 aliphatic heterocycles. The van der Waals surface area contributed by atoms with Crippen molar-refractivity contribution in [3.63, 3.8) is 0 Å². The van der Waals surface area contributed by atoms with Crippen molar-refractivity contribution in [2.75, 3.05) is 18.9 Å². The maximum Gasteiger partial charge on any atom is 0.323 e. The second-order valence-electron chi connectivity index (χ2n) is 3.67. The molecule has 1 N–H and O–H groups in total. The Morgan fingerprint density at radius 3 is 3.06 bits per heavy atom. The summed E-state index contributed by atoms with van der Waals surface area (Å²) in [5, 5.41) is 10.6. The molecule has 0 saturated heterocycles. The number of carbonyl (C=O) groups is 1. The first-order valence-electron chi connectivity index (χ1n) is 5.44. The van der Waals surface area contributed by atoms with Crippen molar-refractivity contribution >= 4 is 22.5 Å². The number of pyridine rings is 1. The second kappa shape index (κ2) is 6.06. The highest BCUT2D eigenvalue weighted by molar-refractivity contribution is 7.13. The predicted molar refractivity (Wildman–Crippen MR) is 69.5 cm³/mol. The Morgan fingerprint density at radius 2 is 2.39 bits per heavy atom. The standard InChI is InChI=1S/C11H13N5OS/c1-16(7-5-9-4-2-3-6-12-9)11(17)14-10-15-13-8-18-10/h2-4,6,8H,5,7H2,1H3,(H,14,15,17). The molecule has 94 valence electrons. The van der Waals surface area contributed by atoms with Crippen LogP contribution in [0.5, 0.6) is 0 Å². The van der Waals surface area contributed by atoms with Crippen LogP contribution < -0.4 is 5.32 Å². The summed E-state index contributed by atoms with van der Waals surface area (Å²) >= 11 is 1.29. The number of urea groups is 1. The normalized spacial score (nSPS) is 10.1. The molecule has 0 aliphatic rings. The van der Waals surface area contributed by atoms with E-state index in [0.717, 1.165) is 12.1 Å². The number of aromatic nitrogens is 3. The fraction of sp³-hybridized carbons (Fsp3) is 0.273. The van der Waals surface area contributed by atoms with E-state index in [2.05, 4.69) is 20.5 Å². The third kappa shape index (κ3) is 3.49. The molecule has 2 aromatic rings. The van der Waals surface area contributed by atoms with Gasteiger partial charge < -0.3 is 4.90 Å². The van der Waals surface area contributed by atoms with Gasteiger partial charge in [-0.05, 0) is 12.1 Å². The summed E-state index contributed by atoms with van der Waals surface area (Å²) < 4.78 is 0. The van der Waals surface area contributed by atoms with Gasteiger partial charge in [0.2, 0.25) is 5.13 Å². The molecule has 2 rings (SSSR count). The first kappa shape index (κ1) is 12.4. The van der Waals surface area contributed by atoms with Gasteiger partial charge in [-0.15, -0.1) is 10.2 Å². The molecule has 0 saturated carbocycles. The molecule has 0 spiro atoms. The molecular weight excluding hydrogens is 250 g/mol. The lowest BCUT2D eigenvalue weighted by molar-refractivity contribution is 0.223. The van der Waals surface area contributed by atoms with Crippen molar-refractivity contribution in [3.05, 3.63) is 35.6 Å². The summed E-state index contributed by atoms with van der Waals surface area (Å²) in [5.41, 5.74) is 2.54. The lowest BCUT2D eigenvalue weighted by atomic mass is 10.2. The number of carbonyl (C=O) groups excluding carboxylic acids is 1. The average Bonchev–Trinajstić information content (AvgIpc) is 2.90. The SMILES string of the molecule is CN(CCc1ccccn1)C(=O)Nc1nncs1. The molecule has 2 aromatic heterocycles. The Kier molecular flexibility index (Phi) is 4.19. The van der Waals surface area contributed by atoms with E-state index < -0.39 is 0 Å². The third-order valence-electron chi connectivity index (χ3n) is 2.35. The van der Waals surface area contributed by atoms with Gasteiger partial charge in [-0.2, -0.15) is 0 Å². The summed E-state index contributed by atoms with van der Waals surface area (Å²) in [6.45, 7) is 0.599. The van der Waals surface area contributed by atoms with E-state index in [4.69, 9.17) is 0 Å². The van der Waals surface area contributed by atoms with Crippen molar-refractivity contribution in [1.82, 2.24) is 20.1 Å². The van der Waals surface area contributed by atoms with Crippen LogP contribution in [-0.2, 0) is 6.42 Å². The predicted octanol–water partition coefficient (Wildman–Crippen LogP) is 1.64. The smallest absolute Gasteiger partial charge is 0.323 e. The molecular formula is C11H13N5OS. The Balaban J connectivity index is 1.81. The summed E-state index contributed by atoms with van der Waals surface area (Å²) in [5.74, 6) is 0. The summed E-state index contributed by atoms with van der Waals surface area (Å²) in [6, 6.07) is 5.55. The van der Waals surface area contributed by atoms with E-state index in [-0.39, 0.29) is 6.03 Å². The van der Waals surface area contributed by atoms with E-state index in [1.54, 1.807) is 23.7 Å². The number of hydrogen-bond acceptors (Lipinski definition) is 5. The maximum absolute atomic E-state index is 11.8. The second-order valence-corrected chi connectivity index (χ2v) is 4.50. The summed E-state index contributed by atoms with van der Waals surface area (Å²) in [7, 11) is 1.74. The maximum atomic E-state index is 11.8. The van der Waals surface area contributed by atoms with Crippen molar-refractivity contribution in [3.8, 4) is 0 Å². The molecule has 0 aromatic carbocycles. The van der Waals surface area contributed by atoms with Crippen molar-refractivity contribution in [1.29, 1.82) is 0 Å². The van der Waals surface area contributed by atoms with Gasteiger partial charge in [-0.1, -0.05) is 17.4 Å². The van der Waals surface area contributed by atoms with Gasteiger partial charge in [0.05, 0.1) is 0 Å². The van der Waals surface area contributed by atoms with E-state index in [9.17, 15) is 4.79 Å². The van der Waals surface area contributed by atoms with Gasteiger partial charge in [0, 0.05) is 31.9 Å². The van der Waals surface area contributed by atoms with Crippen LogP contribution in [0.15, 0.2) is 29.9 Å². The zero-order valence-electron chi connectivity index (χ0n) is 9.91. The van der Waals surface area contributed by atoms with Crippen LogP contribution in [0.4, 0.5) is 9.93 Å². The highest BCUT2D eigenvalue weighted by atomic mass is 32.1. The molecule has 0 atom stereocenters. The van der Waals surface area contributed by atoms with Gasteiger partial charge in [0.15, 0.2) is 0 Å². The zero-order chi connectivity index (χ0) is 12.8. The fourth-order valence-corrected chi connectivity index (χ4v) is 1.78. The summed E-state index contributed by atoms with van der Waals surface area (Å²) in [6.07, 6.45) is 2.47. The minimum Gasteiger partial charge on any atom is -0.327 e. The molecule has 0 aliphatic carbocycles. The van der Waals surface area contributed by atoms with E-state index in [1.807, 2.05) is 18.2 Å². The van der Waals surface area contributed by atoms with Gasteiger partial charge in [-0.3, -0.25) is 10.3 Å².